The third-order valence-corrected chi connectivity index (χ3v) is 17.2. The van der Waals surface area contributed by atoms with Crippen molar-refractivity contribution in [1.29, 1.82) is 0 Å². The number of hydrogen-bond acceptors (Lipinski definition) is 15. The van der Waals surface area contributed by atoms with E-state index in [0.29, 0.717) is 25.7 Å². The molecule has 498 valence electrons. The van der Waals surface area contributed by atoms with Gasteiger partial charge in [0.2, 0.25) is 0 Å². The maximum absolute atomic E-state index is 13.0. The van der Waals surface area contributed by atoms with Crippen molar-refractivity contribution in [2.75, 3.05) is 39.6 Å². The molecule has 0 aliphatic carbocycles. The number of aliphatic hydroxyl groups excluding tert-OH is 1. The van der Waals surface area contributed by atoms with Gasteiger partial charge in [0.1, 0.15) is 19.3 Å². The fourth-order valence-electron chi connectivity index (χ4n) is 9.68. The number of carbonyl (C=O) groups is 4. The molecule has 0 aliphatic heterocycles. The first-order valence-electron chi connectivity index (χ1n) is 34.0. The Morgan fingerprint density at radius 2 is 0.607 bits per heavy atom. The largest absolute Gasteiger partial charge is 0.472 e. The van der Waals surface area contributed by atoms with Crippen LogP contribution in [0.2, 0.25) is 0 Å². The molecule has 3 unspecified atom stereocenters. The number of unbranched alkanes of at least 4 members (excludes halogenated alkanes) is 33. The van der Waals surface area contributed by atoms with E-state index in [0.717, 1.165) is 108 Å². The Balaban J connectivity index is 5.18. The third-order valence-electron chi connectivity index (χ3n) is 15.3. The van der Waals surface area contributed by atoms with Crippen LogP contribution in [0.15, 0.2) is 0 Å². The molecule has 3 N–H and O–H groups in total. The summed E-state index contributed by atoms with van der Waals surface area (Å²) < 4.78 is 67.9. The summed E-state index contributed by atoms with van der Waals surface area (Å²) in [6, 6.07) is 0. The predicted octanol–water partition coefficient (Wildman–Crippen LogP) is 18.0. The molecule has 0 saturated heterocycles. The first-order valence-corrected chi connectivity index (χ1v) is 37.0. The fraction of sp³-hybridized carbons (Fsp3) is 0.938. The van der Waals surface area contributed by atoms with Crippen LogP contribution in [0.1, 0.15) is 324 Å². The molecule has 0 bridgehead atoms. The normalized spacial score (nSPS) is 14.6. The van der Waals surface area contributed by atoms with E-state index in [9.17, 15) is 43.2 Å². The summed E-state index contributed by atoms with van der Waals surface area (Å²) in [5, 5.41) is 10.5. The average molecular weight is 1240 g/mol. The highest BCUT2D eigenvalue weighted by Crippen LogP contribution is 2.45. The lowest BCUT2D eigenvalue weighted by Gasteiger charge is -2.21. The van der Waals surface area contributed by atoms with Crippen molar-refractivity contribution in [2.24, 2.45) is 11.8 Å². The van der Waals surface area contributed by atoms with Crippen LogP contribution in [-0.2, 0) is 65.4 Å². The van der Waals surface area contributed by atoms with E-state index in [1.807, 2.05) is 0 Å². The minimum absolute atomic E-state index is 0.102. The zero-order chi connectivity index (χ0) is 62.2. The second kappa shape index (κ2) is 57.5. The van der Waals surface area contributed by atoms with Crippen LogP contribution < -0.4 is 0 Å². The molecule has 0 saturated carbocycles. The molecule has 0 aromatic carbocycles. The van der Waals surface area contributed by atoms with E-state index in [4.69, 9.17) is 37.0 Å². The van der Waals surface area contributed by atoms with E-state index in [2.05, 4.69) is 41.5 Å². The van der Waals surface area contributed by atoms with E-state index >= 15 is 0 Å². The smallest absolute Gasteiger partial charge is 0.462 e. The number of esters is 4. The molecule has 0 heterocycles. The van der Waals surface area contributed by atoms with Crippen LogP contribution in [0.5, 0.6) is 0 Å². The topological polar surface area (TPSA) is 237 Å². The van der Waals surface area contributed by atoms with Crippen molar-refractivity contribution in [3.63, 3.8) is 0 Å². The van der Waals surface area contributed by atoms with Crippen molar-refractivity contribution in [1.82, 2.24) is 0 Å². The fourth-order valence-corrected chi connectivity index (χ4v) is 11.3. The van der Waals surface area contributed by atoms with Gasteiger partial charge in [0.25, 0.3) is 0 Å². The van der Waals surface area contributed by atoms with Gasteiger partial charge in [0.05, 0.1) is 26.4 Å². The van der Waals surface area contributed by atoms with Crippen LogP contribution in [0.3, 0.4) is 0 Å². The van der Waals surface area contributed by atoms with Crippen LogP contribution >= 0.6 is 15.6 Å². The molecule has 0 aliphatic rings. The Hall–Kier alpha value is -1.94. The number of carbonyl (C=O) groups excluding carboxylic acids is 4. The summed E-state index contributed by atoms with van der Waals surface area (Å²) in [4.78, 5) is 72.0. The van der Waals surface area contributed by atoms with Gasteiger partial charge in [-0.2, -0.15) is 0 Å². The number of phosphoric ester groups is 2. The molecule has 19 heteroatoms. The van der Waals surface area contributed by atoms with Crippen LogP contribution in [-0.4, -0.2) is 96.7 Å². The van der Waals surface area contributed by atoms with Gasteiger partial charge in [0, 0.05) is 25.7 Å². The zero-order valence-electron chi connectivity index (χ0n) is 54.2. The second-order valence-electron chi connectivity index (χ2n) is 24.2. The lowest BCUT2D eigenvalue weighted by Crippen LogP contribution is -2.30. The standard InChI is InChI=1S/C65H126O17P2/c1-7-10-12-14-15-16-17-19-23-26-29-36-42-48-63(68)76-54-61(81-64(69)49-43-37-30-27-24-21-18-20-22-25-28-34-39-45-57(4)5)56-80-84(73,74)78-52-59(66)51-77-83(71,72)79-55-60(53-75-62(67)47-41-33-13-11-8-2)82-65(70)50-44-38-32-31-35-40-46-58(6)9-3/h57-61,66H,7-56H2,1-6H3,(H,71,72)(H,73,74)/t58?,59-,60+,61+/m0/s1. The van der Waals surface area contributed by atoms with Gasteiger partial charge in [-0.1, -0.05) is 273 Å². The summed E-state index contributed by atoms with van der Waals surface area (Å²) in [6.45, 7) is 9.39. The molecule has 0 rings (SSSR count). The molecule has 6 atom stereocenters. The summed E-state index contributed by atoms with van der Waals surface area (Å²) in [5.74, 6) is -0.637. The van der Waals surface area contributed by atoms with Gasteiger partial charge in [-0.3, -0.25) is 37.3 Å². The van der Waals surface area contributed by atoms with E-state index < -0.39 is 97.5 Å². The Morgan fingerprint density at radius 3 is 0.905 bits per heavy atom. The van der Waals surface area contributed by atoms with E-state index in [1.165, 1.54) is 135 Å². The quantitative estimate of drug-likeness (QED) is 0.0222. The van der Waals surface area contributed by atoms with Gasteiger partial charge in [-0.15, -0.1) is 0 Å². The molecule has 84 heavy (non-hydrogen) atoms. The molecule has 17 nitrogen and oxygen atoms in total. The lowest BCUT2D eigenvalue weighted by molar-refractivity contribution is -0.161. The molecule has 0 aromatic heterocycles. The minimum atomic E-state index is -4.95. The molecular formula is C65H126O17P2. The minimum Gasteiger partial charge on any atom is -0.462 e. The highest BCUT2D eigenvalue weighted by atomic mass is 31.2. The predicted molar refractivity (Wildman–Crippen MR) is 335 cm³/mol. The van der Waals surface area contributed by atoms with E-state index in [1.54, 1.807) is 0 Å². The Labute approximate surface area is 511 Å². The Kier molecular flexibility index (Phi) is 56.2. The van der Waals surface area contributed by atoms with Crippen molar-refractivity contribution in [3.8, 4) is 0 Å². The number of hydrogen-bond donors (Lipinski definition) is 3. The van der Waals surface area contributed by atoms with Crippen LogP contribution in [0.25, 0.3) is 0 Å². The van der Waals surface area contributed by atoms with Crippen LogP contribution in [0.4, 0.5) is 0 Å². The first kappa shape index (κ1) is 82.1. The van der Waals surface area contributed by atoms with Gasteiger partial charge in [0.15, 0.2) is 12.2 Å². The summed E-state index contributed by atoms with van der Waals surface area (Å²) in [7, 11) is -9.88. The van der Waals surface area contributed by atoms with Gasteiger partial charge in [-0.05, 0) is 37.5 Å². The maximum Gasteiger partial charge on any atom is 0.472 e. The summed E-state index contributed by atoms with van der Waals surface area (Å²) in [5.41, 5.74) is 0. The average Bonchev–Trinajstić information content (AvgIpc) is 3.67. The molecule has 0 spiro atoms. The molecule has 0 radical (unpaired) electrons. The van der Waals surface area contributed by atoms with Crippen molar-refractivity contribution >= 4 is 39.5 Å². The monoisotopic (exact) mass is 1240 g/mol. The van der Waals surface area contributed by atoms with Gasteiger partial charge >= 0.3 is 39.5 Å². The zero-order valence-corrected chi connectivity index (χ0v) is 56.0. The maximum atomic E-state index is 13.0. The highest BCUT2D eigenvalue weighted by molar-refractivity contribution is 7.47. The van der Waals surface area contributed by atoms with Crippen LogP contribution in [0, 0.1) is 11.8 Å². The third kappa shape index (κ3) is 57.8. The SMILES string of the molecule is CCCCCCCCCCCCCCCC(=O)OC[C@H](COP(=O)(O)OC[C@@H](O)COP(=O)(O)OC[C@@H](COC(=O)CCCCCCC)OC(=O)CCCCCCCCC(C)CC)OC(=O)CCCCCCCCCCCCCCCC(C)C. The number of phosphoric acid groups is 2. The summed E-state index contributed by atoms with van der Waals surface area (Å²) >= 11 is 0. The van der Waals surface area contributed by atoms with Crippen molar-refractivity contribution < 1.29 is 80.2 Å². The molecule has 0 amide bonds. The van der Waals surface area contributed by atoms with Crippen molar-refractivity contribution in [2.45, 2.75) is 342 Å². The summed E-state index contributed by atoms with van der Waals surface area (Å²) in [6.07, 6.45) is 40.7. The van der Waals surface area contributed by atoms with Gasteiger partial charge in [-0.25, -0.2) is 9.13 Å². The second-order valence-corrected chi connectivity index (χ2v) is 27.1. The number of ether oxygens (including phenoxy) is 4. The van der Waals surface area contributed by atoms with E-state index in [-0.39, 0.29) is 25.7 Å². The molecule has 0 aromatic rings. The Bertz CT molecular complexity index is 1650. The highest BCUT2D eigenvalue weighted by Gasteiger charge is 2.30. The van der Waals surface area contributed by atoms with Gasteiger partial charge < -0.3 is 33.8 Å². The molecular weight excluding hydrogens is 1110 g/mol. The number of rotatable bonds is 64. The Morgan fingerprint density at radius 1 is 0.345 bits per heavy atom. The number of aliphatic hydroxyl groups is 1. The van der Waals surface area contributed by atoms with Crippen molar-refractivity contribution in [3.05, 3.63) is 0 Å². The molecule has 0 fully saturated rings. The lowest BCUT2D eigenvalue weighted by atomic mass is 10.00. The first-order chi connectivity index (χ1) is 40.4.